The molecule has 0 unspecified atom stereocenters. The molecule has 0 aliphatic rings. The summed E-state index contributed by atoms with van der Waals surface area (Å²) in [6.45, 7) is 4.03. The Bertz CT molecular complexity index is 426. The average Bonchev–Trinajstić information content (AvgIpc) is 2.13. The van der Waals surface area contributed by atoms with E-state index in [0.717, 1.165) is 0 Å². The maximum absolute atomic E-state index is 11.2. The van der Waals surface area contributed by atoms with Crippen LogP contribution in [0.4, 0.5) is 0 Å². The predicted molar refractivity (Wildman–Crippen MR) is 57.7 cm³/mol. The second-order valence-electron chi connectivity index (χ2n) is 3.51. The maximum atomic E-state index is 11.2. The third-order valence-corrected chi connectivity index (χ3v) is 2.86. The van der Waals surface area contributed by atoms with Crippen LogP contribution in [0.1, 0.15) is 19.4 Å². The Labute approximate surface area is 90.1 Å². The zero-order chi connectivity index (χ0) is 11.5. The molecular weight excluding hydrogens is 214 g/mol. The van der Waals surface area contributed by atoms with Crippen LogP contribution in [0.25, 0.3) is 0 Å². The van der Waals surface area contributed by atoms with Crippen molar-refractivity contribution in [1.29, 1.82) is 0 Å². The number of hydrogen-bond acceptors (Lipinski definition) is 3. The van der Waals surface area contributed by atoms with Gasteiger partial charge in [0.05, 0.1) is 17.6 Å². The molecule has 0 fully saturated rings. The van der Waals surface area contributed by atoms with Gasteiger partial charge in [0.1, 0.15) is 0 Å². The summed E-state index contributed by atoms with van der Waals surface area (Å²) in [7, 11) is -3.66. The van der Waals surface area contributed by atoms with Crippen LogP contribution in [-0.4, -0.2) is 14.5 Å². The topological polar surface area (TPSA) is 69.4 Å². The number of rotatable bonds is 4. The summed E-state index contributed by atoms with van der Waals surface area (Å²) in [6.07, 6.45) is 0.0542. The second-order valence-corrected chi connectivity index (χ2v) is 5.04. The Morgan fingerprint density at radius 2 is 1.93 bits per heavy atom. The molecule has 0 saturated heterocycles. The molecule has 5 heteroatoms. The van der Waals surface area contributed by atoms with E-state index in [1.54, 1.807) is 18.2 Å². The Balaban J connectivity index is 2.98. The first kappa shape index (κ1) is 12.2. The first-order valence-corrected chi connectivity index (χ1v) is 6.18. The van der Waals surface area contributed by atoms with E-state index in [4.69, 9.17) is 9.88 Å². The van der Waals surface area contributed by atoms with E-state index in [0.29, 0.717) is 5.56 Å². The monoisotopic (exact) mass is 229 g/mol. The molecule has 0 amide bonds. The zero-order valence-corrected chi connectivity index (χ0v) is 9.62. The quantitative estimate of drug-likeness (QED) is 0.845. The van der Waals surface area contributed by atoms with Crippen molar-refractivity contribution in [2.75, 3.05) is 0 Å². The van der Waals surface area contributed by atoms with E-state index in [9.17, 15) is 8.42 Å². The minimum atomic E-state index is -3.66. The maximum Gasteiger partial charge on any atom is 0.238 e. The molecule has 2 N–H and O–H groups in total. The number of primary sulfonamides is 1. The van der Waals surface area contributed by atoms with Gasteiger partial charge in [-0.05, 0) is 25.5 Å². The minimum absolute atomic E-state index is 0.0542. The fourth-order valence-electron chi connectivity index (χ4n) is 1.16. The van der Waals surface area contributed by atoms with E-state index in [2.05, 4.69) is 0 Å². The predicted octanol–water partition coefficient (Wildman–Crippen LogP) is 1.26. The molecule has 1 aromatic carbocycles. The smallest absolute Gasteiger partial charge is 0.238 e. The molecule has 4 nitrogen and oxygen atoms in total. The van der Waals surface area contributed by atoms with Crippen LogP contribution in [0, 0.1) is 0 Å². The van der Waals surface area contributed by atoms with Crippen molar-refractivity contribution in [3.63, 3.8) is 0 Å². The van der Waals surface area contributed by atoms with Crippen molar-refractivity contribution in [1.82, 2.24) is 0 Å². The molecule has 0 radical (unpaired) electrons. The fraction of sp³-hybridized carbons (Fsp3) is 0.400. The average molecular weight is 229 g/mol. The number of hydrogen-bond donors (Lipinski definition) is 1. The summed E-state index contributed by atoms with van der Waals surface area (Å²) >= 11 is 0. The zero-order valence-electron chi connectivity index (χ0n) is 8.80. The summed E-state index contributed by atoms with van der Waals surface area (Å²) in [5.74, 6) is 0. The number of benzene rings is 1. The lowest BCUT2D eigenvalue weighted by atomic mass is 10.2. The molecule has 0 aliphatic carbocycles. The molecule has 0 aromatic heterocycles. The Kier molecular flexibility index (Phi) is 3.84. The summed E-state index contributed by atoms with van der Waals surface area (Å²) in [5.41, 5.74) is 0.591. The van der Waals surface area contributed by atoms with Crippen LogP contribution in [0.2, 0.25) is 0 Å². The van der Waals surface area contributed by atoms with Crippen molar-refractivity contribution in [2.24, 2.45) is 5.14 Å². The molecular formula is C10H15NO3S. The van der Waals surface area contributed by atoms with Crippen molar-refractivity contribution in [3.05, 3.63) is 29.8 Å². The highest BCUT2D eigenvalue weighted by Crippen LogP contribution is 2.15. The second kappa shape index (κ2) is 4.74. The molecule has 0 bridgehead atoms. The molecule has 1 aromatic rings. The van der Waals surface area contributed by atoms with Crippen LogP contribution in [0.5, 0.6) is 0 Å². The third kappa shape index (κ3) is 3.62. The fourth-order valence-corrected chi connectivity index (χ4v) is 1.92. The third-order valence-electron chi connectivity index (χ3n) is 1.85. The van der Waals surface area contributed by atoms with Crippen LogP contribution in [0.3, 0.4) is 0 Å². The van der Waals surface area contributed by atoms with E-state index in [1.165, 1.54) is 6.07 Å². The van der Waals surface area contributed by atoms with Gasteiger partial charge in [-0.15, -0.1) is 0 Å². The molecule has 0 spiro atoms. The Hall–Kier alpha value is -0.910. The van der Waals surface area contributed by atoms with E-state index >= 15 is 0 Å². The molecule has 0 atom stereocenters. The van der Waals surface area contributed by atoms with Crippen molar-refractivity contribution in [2.45, 2.75) is 31.5 Å². The van der Waals surface area contributed by atoms with Crippen LogP contribution >= 0.6 is 0 Å². The molecule has 0 heterocycles. The van der Waals surface area contributed by atoms with Crippen LogP contribution in [0.15, 0.2) is 29.2 Å². The van der Waals surface area contributed by atoms with E-state index in [-0.39, 0.29) is 17.6 Å². The lowest BCUT2D eigenvalue weighted by Crippen LogP contribution is -2.15. The van der Waals surface area contributed by atoms with Gasteiger partial charge in [-0.3, -0.25) is 0 Å². The lowest BCUT2D eigenvalue weighted by molar-refractivity contribution is 0.0643. The van der Waals surface area contributed by atoms with Gasteiger partial charge in [-0.1, -0.05) is 18.2 Å². The normalized spacial score (nSPS) is 12.0. The van der Waals surface area contributed by atoms with Crippen LogP contribution in [-0.2, 0) is 21.4 Å². The summed E-state index contributed by atoms with van der Waals surface area (Å²) in [4.78, 5) is 0.130. The highest BCUT2D eigenvalue weighted by atomic mass is 32.2. The summed E-state index contributed by atoms with van der Waals surface area (Å²) in [6, 6.07) is 6.57. The van der Waals surface area contributed by atoms with Gasteiger partial charge in [0.2, 0.25) is 10.0 Å². The molecule has 84 valence electrons. The first-order valence-electron chi connectivity index (χ1n) is 4.63. The van der Waals surface area contributed by atoms with E-state index in [1.807, 2.05) is 13.8 Å². The van der Waals surface area contributed by atoms with Crippen molar-refractivity contribution in [3.8, 4) is 0 Å². The van der Waals surface area contributed by atoms with Gasteiger partial charge < -0.3 is 4.74 Å². The van der Waals surface area contributed by atoms with Crippen LogP contribution < -0.4 is 5.14 Å². The Morgan fingerprint density at radius 3 is 2.47 bits per heavy atom. The van der Waals surface area contributed by atoms with Gasteiger partial charge in [-0.25, -0.2) is 13.6 Å². The molecule has 0 aliphatic heterocycles. The highest BCUT2D eigenvalue weighted by Gasteiger charge is 2.12. The van der Waals surface area contributed by atoms with Gasteiger partial charge in [0.15, 0.2) is 0 Å². The molecule has 0 saturated carbocycles. The first-order chi connectivity index (χ1) is 6.91. The number of sulfonamides is 1. The van der Waals surface area contributed by atoms with E-state index < -0.39 is 10.0 Å². The summed E-state index contributed by atoms with van der Waals surface area (Å²) < 4.78 is 27.8. The van der Waals surface area contributed by atoms with Gasteiger partial charge in [0, 0.05) is 0 Å². The molecule has 15 heavy (non-hydrogen) atoms. The SMILES string of the molecule is CC(C)OCc1ccccc1S(N)(=O)=O. The minimum Gasteiger partial charge on any atom is -0.374 e. The number of ether oxygens (including phenoxy) is 1. The highest BCUT2D eigenvalue weighted by molar-refractivity contribution is 7.89. The van der Waals surface area contributed by atoms with Crippen molar-refractivity contribution >= 4 is 10.0 Å². The van der Waals surface area contributed by atoms with Gasteiger partial charge in [-0.2, -0.15) is 0 Å². The Morgan fingerprint density at radius 1 is 1.33 bits per heavy atom. The summed E-state index contributed by atoms with van der Waals surface area (Å²) in [5, 5.41) is 5.08. The van der Waals surface area contributed by atoms with Gasteiger partial charge >= 0.3 is 0 Å². The van der Waals surface area contributed by atoms with Gasteiger partial charge in [0.25, 0.3) is 0 Å². The molecule has 1 rings (SSSR count). The van der Waals surface area contributed by atoms with Crippen molar-refractivity contribution < 1.29 is 13.2 Å². The standard InChI is InChI=1S/C10H15NO3S/c1-8(2)14-7-9-5-3-4-6-10(9)15(11,12)13/h3-6,8H,7H2,1-2H3,(H2,11,12,13). The lowest BCUT2D eigenvalue weighted by Gasteiger charge is -2.10. The largest absolute Gasteiger partial charge is 0.374 e. The number of nitrogens with two attached hydrogens (primary N) is 1.